The summed E-state index contributed by atoms with van der Waals surface area (Å²) in [5.74, 6) is 0.113. The average molecular weight is 324 g/mol. The topological polar surface area (TPSA) is 59.8 Å². The van der Waals surface area contributed by atoms with Crippen LogP contribution in [0.3, 0.4) is 0 Å². The van der Waals surface area contributed by atoms with E-state index in [1.54, 1.807) is 36.0 Å². The van der Waals surface area contributed by atoms with Crippen molar-refractivity contribution in [3.05, 3.63) is 54.6 Å². The number of hydrogen-bond donors (Lipinski definition) is 1. The van der Waals surface area contributed by atoms with Gasteiger partial charge in [0.05, 0.1) is 0 Å². The molecule has 0 aliphatic carbocycles. The van der Waals surface area contributed by atoms with Gasteiger partial charge >= 0.3 is 0 Å². The highest BCUT2D eigenvalue weighted by Crippen LogP contribution is 2.31. The van der Waals surface area contributed by atoms with Crippen LogP contribution in [0.1, 0.15) is 13.3 Å². The van der Waals surface area contributed by atoms with Gasteiger partial charge in [0.2, 0.25) is 5.91 Å². The first-order chi connectivity index (χ1) is 11.6. The Bertz CT molecular complexity index is 871. The highest BCUT2D eigenvalue weighted by molar-refractivity contribution is 5.90. The summed E-state index contributed by atoms with van der Waals surface area (Å²) in [5.41, 5.74) is 3.33. The Balaban J connectivity index is 2.02. The lowest BCUT2D eigenvalue weighted by Gasteiger charge is -2.06. The van der Waals surface area contributed by atoms with Crippen molar-refractivity contribution < 1.29 is 9.18 Å². The molecule has 3 rings (SSSR count). The van der Waals surface area contributed by atoms with Crippen LogP contribution in [0.5, 0.6) is 0 Å². The first-order valence-corrected chi connectivity index (χ1v) is 7.62. The van der Waals surface area contributed by atoms with Gasteiger partial charge in [-0.05, 0) is 42.0 Å². The number of nitrogens with zero attached hydrogens (tertiary/aromatic N) is 3. The number of carbonyl (C=O) groups excluding carboxylic acids is 1. The smallest absolute Gasteiger partial charge is 0.225 e. The normalized spacial score (nSPS) is 10.6. The third-order valence-electron chi connectivity index (χ3n) is 3.61. The maximum absolute atomic E-state index is 13.2. The standard InChI is InChI=1S/C18H17FN4O/c1-3-17(24)21-16-10-13(8-9-20-16)15-11-23(2)22-18(15)12-4-6-14(19)7-5-12/h4-11H,3H2,1-2H3,(H,20,21,24). The van der Waals surface area contributed by atoms with Gasteiger partial charge in [0.15, 0.2) is 0 Å². The molecule has 0 bridgehead atoms. The van der Waals surface area contributed by atoms with Crippen LogP contribution < -0.4 is 5.32 Å². The number of halogens is 1. The Kier molecular flexibility index (Phi) is 4.37. The number of aromatic nitrogens is 3. The Morgan fingerprint density at radius 3 is 2.67 bits per heavy atom. The van der Waals surface area contributed by atoms with Crippen LogP contribution in [0.4, 0.5) is 10.2 Å². The molecule has 0 atom stereocenters. The fraction of sp³-hybridized carbons (Fsp3) is 0.167. The molecule has 0 aliphatic heterocycles. The number of amides is 1. The van der Waals surface area contributed by atoms with E-state index in [1.165, 1.54) is 12.1 Å². The molecule has 0 spiro atoms. The predicted octanol–water partition coefficient (Wildman–Crippen LogP) is 3.64. The van der Waals surface area contributed by atoms with Crippen molar-refractivity contribution in [3.8, 4) is 22.4 Å². The van der Waals surface area contributed by atoms with E-state index in [2.05, 4.69) is 15.4 Å². The van der Waals surface area contributed by atoms with Crippen molar-refractivity contribution in [1.82, 2.24) is 14.8 Å². The number of pyridine rings is 1. The van der Waals surface area contributed by atoms with E-state index in [4.69, 9.17) is 0 Å². The van der Waals surface area contributed by atoms with E-state index in [1.807, 2.05) is 19.3 Å². The summed E-state index contributed by atoms with van der Waals surface area (Å²) in [6.07, 6.45) is 3.92. The maximum atomic E-state index is 13.2. The molecular weight excluding hydrogens is 307 g/mol. The molecule has 24 heavy (non-hydrogen) atoms. The van der Waals surface area contributed by atoms with Crippen molar-refractivity contribution in [1.29, 1.82) is 0 Å². The Morgan fingerprint density at radius 2 is 1.96 bits per heavy atom. The van der Waals surface area contributed by atoms with Crippen molar-refractivity contribution in [2.75, 3.05) is 5.32 Å². The van der Waals surface area contributed by atoms with Crippen molar-refractivity contribution in [2.24, 2.45) is 7.05 Å². The second kappa shape index (κ2) is 6.62. The Morgan fingerprint density at radius 1 is 1.21 bits per heavy atom. The van der Waals surface area contributed by atoms with Crippen molar-refractivity contribution >= 4 is 11.7 Å². The van der Waals surface area contributed by atoms with Crippen LogP contribution in [0, 0.1) is 5.82 Å². The number of benzene rings is 1. The molecule has 0 saturated heterocycles. The van der Waals surface area contributed by atoms with E-state index >= 15 is 0 Å². The molecule has 1 N–H and O–H groups in total. The lowest BCUT2D eigenvalue weighted by Crippen LogP contribution is -2.10. The zero-order valence-electron chi connectivity index (χ0n) is 13.5. The van der Waals surface area contributed by atoms with E-state index < -0.39 is 0 Å². The highest BCUT2D eigenvalue weighted by Gasteiger charge is 2.13. The molecule has 2 aromatic heterocycles. The van der Waals surface area contributed by atoms with E-state index in [9.17, 15) is 9.18 Å². The number of aryl methyl sites for hydroxylation is 1. The molecular formula is C18H17FN4O. The molecule has 0 fully saturated rings. The highest BCUT2D eigenvalue weighted by atomic mass is 19.1. The van der Waals surface area contributed by atoms with Crippen molar-refractivity contribution in [2.45, 2.75) is 13.3 Å². The van der Waals surface area contributed by atoms with Gasteiger partial charge in [-0.25, -0.2) is 9.37 Å². The summed E-state index contributed by atoms with van der Waals surface area (Å²) in [6.45, 7) is 1.78. The lowest BCUT2D eigenvalue weighted by molar-refractivity contribution is -0.115. The summed E-state index contributed by atoms with van der Waals surface area (Å²) in [5, 5.41) is 7.23. The molecule has 0 saturated carbocycles. The minimum atomic E-state index is -0.287. The fourth-order valence-electron chi connectivity index (χ4n) is 2.42. The van der Waals surface area contributed by atoms with Crippen LogP contribution in [0.2, 0.25) is 0 Å². The molecule has 0 radical (unpaired) electrons. The molecule has 3 aromatic rings. The number of anilines is 1. The fourth-order valence-corrected chi connectivity index (χ4v) is 2.42. The summed E-state index contributed by atoms with van der Waals surface area (Å²) in [4.78, 5) is 15.7. The molecule has 5 nitrogen and oxygen atoms in total. The van der Waals surface area contributed by atoms with Crippen LogP contribution in [-0.4, -0.2) is 20.7 Å². The van der Waals surface area contributed by atoms with Gasteiger partial charge < -0.3 is 5.32 Å². The van der Waals surface area contributed by atoms with Gasteiger partial charge in [0, 0.05) is 37.0 Å². The first-order valence-electron chi connectivity index (χ1n) is 7.62. The lowest BCUT2D eigenvalue weighted by atomic mass is 10.0. The third-order valence-corrected chi connectivity index (χ3v) is 3.61. The van der Waals surface area contributed by atoms with Gasteiger partial charge in [-0.1, -0.05) is 6.92 Å². The molecule has 6 heteroatoms. The van der Waals surface area contributed by atoms with Crippen LogP contribution in [0.25, 0.3) is 22.4 Å². The van der Waals surface area contributed by atoms with Crippen LogP contribution in [-0.2, 0) is 11.8 Å². The molecule has 122 valence electrons. The number of nitrogens with one attached hydrogen (secondary N) is 1. The minimum absolute atomic E-state index is 0.0930. The molecule has 1 aromatic carbocycles. The largest absolute Gasteiger partial charge is 0.311 e. The van der Waals surface area contributed by atoms with Gasteiger partial charge in [0.1, 0.15) is 17.3 Å². The number of hydrogen-bond acceptors (Lipinski definition) is 3. The number of rotatable bonds is 4. The van der Waals surface area contributed by atoms with E-state index in [-0.39, 0.29) is 11.7 Å². The number of carbonyl (C=O) groups is 1. The zero-order chi connectivity index (χ0) is 17.1. The van der Waals surface area contributed by atoms with Gasteiger partial charge in [-0.15, -0.1) is 0 Å². The molecule has 2 heterocycles. The summed E-state index contributed by atoms with van der Waals surface area (Å²) < 4.78 is 14.9. The maximum Gasteiger partial charge on any atom is 0.225 e. The summed E-state index contributed by atoms with van der Waals surface area (Å²) >= 11 is 0. The molecule has 0 unspecified atom stereocenters. The van der Waals surface area contributed by atoms with Crippen molar-refractivity contribution in [3.63, 3.8) is 0 Å². The minimum Gasteiger partial charge on any atom is -0.311 e. The van der Waals surface area contributed by atoms with Crippen LogP contribution in [0.15, 0.2) is 48.8 Å². The van der Waals surface area contributed by atoms with Gasteiger partial charge in [-0.2, -0.15) is 5.10 Å². The zero-order valence-corrected chi connectivity index (χ0v) is 13.5. The second-order valence-electron chi connectivity index (χ2n) is 5.40. The summed E-state index contributed by atoms with van der Waals surface area (Å²) in [7, 11) is 1.83. The molecule has 0 aliphatic rings. The summed E-state index contributed by atoms with van der Waals surface area (Å²) in [6, 6.07) is 9.87. The Hall–Kier alpha value is -3.02. The quantitative estimate of drug-likeness (QED) is 0.797. The second-order valence-corrected chi connectivity index (χ2v) is 5.40. The predicted molar refractivity (Wildman–Crippen MR) is 90.8 cm³/mol. The van der Waals surface area contributed by atoms with E-state index in [0.717, 1.165) is 22.4 Å². The first kappa shape index (κ1) is 15.9. The van der Waals surface area contributed by atoms with Crippen LogP contribution >= 0.6 is 0 Å². The van der Waals surface area contributed by atoms with Gasteiger partial charge in [-0.3, -0.25) is 9.48 Å². The third kappa shape index (κ3) is 3.32. The average Bonchev–Trinajstić information content (AvgIpc) is 2.97. The van der Waals surface area contributed by atoms with Gasteiger partial charge in [0.25, 0.3) is 0 Å². The monoisotopic (exact) mass is 324 g/mol. The van der Waals surface area contributed by atoms with E-state index in [0.29, 0.717) is 12.2 Å². The Labute approximate surface area is 139 Å². The SMILES string of the molecule is CCC(=O)Nc1cc(-c2cn(C)nc2-c2ccc(F)cc2)ccn1. The molecule has 1 amide bonds.